The Kier molecular flexibility index (Phi) is 5.43. The van der Waals surface area contributed by atoms with Gasteiger partial charge in [0.1, 0.15) is 6.61 Å². The fourth-order valence-corrected chi connectivity index (χ4v) is 2.44. The van der Waals surface area contributed by atoms with Crippen LogP contribution in [0.15, 0.2) is 71.9 Å². The molecule has 0 bridgehead atoms. The highest BCUT2D eigenvalue weighted by Crippen LogP contribution is 2.09. The summed E-state index contributed by atoms with van der Waals surface area (Å²) in [6, 6.07) is 14.4. The first-order valence-corrected chi connectivity index (χ1v) is 8.18. The lowest BCUT2D eigenvalue weighted by Gasteiger charge is -2.12. The second kappa shape index (κ2) is 8.11. The van der Waals surface area contributed by atoms with Gasteiger partial charge in [0.15, 0.2) is 5.75 Å². The van der Waals surface area contributed by atoms with Crippen molar-refractivity contribution in [3.63, 3.8) is 0 Å². The third kappa shape index (κ3) is 4.36. The number of nitrogens with one attached hydrogen (secondary N) is 1. The molecule has 0 aliphatic rings. The van der Waals surface area contributed by atoms with E-state index in [2.05, 4.69) is 10.3 Å². The van der Waals surface area contributed by atoms with Crippen LogP contribution in [0, 0.1) is 0 Å². The first-order chi connectivity index (χ1) is 12.6. The van der Waals surface area contributed by atoms with E-state index in [-0.39, 0.29) is 23.6 Å². The maximum absolute atomic E-state index is 12.3. The largest absolute Gasteiger partial charge is 0.483 e. The van der Waals surface area contributed by atoms with Crippen LogP contribution in [0.2, 0.25) is 0 Å². The molecule has 0 radical (unpaired) electrons. The minimum absolute atomic E-state index is 0.216. The van der Waals surface area contributed by atoms with Gasteiger partial charge < -0.3 is 14.6 Å². The first kappa shape index (κ1) is 17.4. The van der Waals surface area contributed by atoms with Crippen LogP contribution in [0.5, 0.6) is 5.75 Å². The summed E-state index contributed by atoms with van der Waals surface area (Å²) in [5.41, 5.74) is 1.98. The quantitative estimate of drug-likeness (QED) is 0.741. The number of rotatable bonds is 6. The van der Waals surface area contributed by atoms with Gasteiger partial charge in [0.05, 0.1) is 12.7 Å². The predicted molar refractivity (Wildman–Crippen MR) is 97.9 cm³/mol. The average Bonchev–Trinajstić information content (AvgIpc) is 2.68. The van der Waals surface area contributed by atoms with Crippen LogP contribution in [0.4, 0.5) is 0 Å². The molecule has 1 N–H and O–H groups in total. The lowest BCUT2D eigenvalue weighted by atomic mass is 10.2. The fraction of sp³-hybridized carbons (Fsp3) is 0.150. The molecule has 0 saturated heterocycles. The van der Waals surface area contributed by atoms with Crippen molar-refractivity contribution >= 4 is 5.91 Å². The monoisotopic (exact) mass is 349 g/mol. The molecular formula is C20H19N3O3. The second-order valence-corrected chi connectivity index (χ2v) is 5.80. The third-order valence-corrected chi connectivity index (χ3v) is 3.91. The summed E-state index contributed by atoms with van der Waals surface area (Å²) in [6.45, 7) is 0.570. The topological polar surface area (TPSA) is 73.2 Å². The van der Waals surface area contributed by atoms with E-state index in [1.165, 1.54) is 6.07 Å². The molecule has 6 heteroatoms. The zero-order valence-electron chi connectivity index (χ0n) is 14.4. The number of pyridine rings is 2. The molecule has 3 aromatic rings. The Bertz CT molecular complexity index is 938. The summed E-state index contributed by atoms with van der Waals surface area (Å²) in [4.78, 5) is 28.2. The van der Waals surface area contributed by atoms with Crippen molar-refractivity contribution in [3.8, 4) is 5.75 Å². The number of ether oxygens (including phenoxy) is 1. The molecule has 1 amide bonds. The summed E-state index contributed by atoms with van der Waals surface area (Å²) >= 11 is 0. The van der Waals surface area contributed by atoms with Crippen LogP contribution < -0.4 is 15.5 Å². The van der Waals surface area contributed by atoms with Gasteiger partial charge in [-0.1, -0.05) is 30.3 Å². The molecule has 132 valence electrons. The minimum atomic E-state index is -0.218. The molecule has 2 heterocycles. The summed E-state index contributed by atoms with van der Waals surface area (Å²) in [5.74, 6) is 0.0600. The maximum atomic E-state index is 12.3. The van der Waals surface area contributed by atoms with Crippen molar-refractivity contribution in [3.05, 3.63) is 94.2 Å². The molecular weight excluding hydrogens is 330 g/mol. The Morgan fingerprint density at radius 2 is 1.88 bits per heavy atom. The Morgan fingerprint density at radius 3 is 2.62 bits per heavy atom. The van der Waals surface area contributed by atoms with Gasteiger partial charge in [-0.05, 0) is 17.7 Å². The van der Waals surface area contributed by atoms with Crippen LogP contribution in [0.25, 0.3) is 0 Å². The zero-order chi connectivity index (χ0) is 18.4. The number of carbonyl (C=O) groups is 1. The standard InChI is InChI=1S/C20H19N3O3/c1-23-13-19(26-14-15-5-3-2-4-6-15)18(24)11-17(23)12-22-20(25)16-7-9-21-10-8-16/h2-11,13H,12,14H2,1H3,(H,22,25). The van der Waals surface area contributed by atoms with Gasteiger partial charge >= 0.3 is 0 Å². The van der Waals surface area contributed by atoms with Gasteiger partial charge in [-0.15, -0.1) is 0 Å². The number of aromatic nitrogens is 2. The minimum Gasteiger partial charge on any atom is -0.483 e. The first-order valence-electron chi connectivity index (χ1n) is 8.18. The highest BCUT2D eigenvalue weighted by atomic mass is 16.5. The lowest BCUT2D eigenvalue weighted by molar-refractivity contribution is 0.0950. The normalized spacial score (nSPS) is 10.3. The molecule has 0 spiro atoms. The number of hydrogen-bond acceptors (Lipinski definition) is 4. The highest BCUT2D eigenvalue weighted by Gasteiger charge is 2.09. The number of hydrogen-bond donors (Lipinski definition) is 1. The molecule has 6 nitrogen and oxygen atoms in total. The highest BCUT2D eigenvalue weighted by molar-refractivity contribution is 5.93. The molecule has 3 rings (SSSR count). The molecule has 0 aliphatic carbocycles. The van der Waals surface area contributed by atoms with E-state index in [4.69, 9.17) is 4.74 Å². The Hall–Kier alpha value is -3.41. The van der Waals surface area contributed by atoms with Gasteiger partial charge in [-0.25, -0.2) is 0 Å². The van der Waals surface area contributed by atoms with Crippen LogP contribution in [0.1, 0.15) is 21.6 Å². The van der Waals surface area contributed by atoms with Crippen molar-refractivity contribution in [1.82, 2.24) is 14.9 Å². The van der Waals surface area contributed by atoms with Crippen molar-refractivity contribution in [1.29, 1.82) is 0 Å². The van der Waals surface area contributed by atoms with Gasteiger partial charge in [-0.3, -0.25) is 14.6 Å². The van der Waals surface area contributed by atoms with E-state index in [1.54, 1.807) is 35.3 Å². The van der Waals surface area contributed by atoms with Gasteiger partial charge in [0.25, 0.3) is 5.91 Å². The van der Waals surface area contributed by atoms with E-state index in [0.717, 1.165) is 5.56 Å². The van der Waals surface area contributed by atoms with Crippen molar-refractivity contribution in [2.75, 3.05) is 0 Å². The molecule has 0 saturated carbocycles. The van der Waals surface area contributed by atoms with E-state index in [0.29, 0.717) is 17.9 Å². The van der Waals surface area contributed by atoms with Gasteiger partial charge in [-0.2, -0.15) is 0 Å². The number of benzene rings is 1. The summed E-state index contributed by atoms with van der Waals surface area (Å²) < 4.78 is 7.40. The Labute approximate surface area is 151 Å². The van der Waals surface area contributed by atoms with Crippen molar-refractivity contribution < 1.29 is 9.53 Å². The fourth-order valence-electron chi connectivity index (χ4n) is 2.44. The molecule has 0 fully saturated rings. The number of carbonyl (C=O) groups excluding carboxylic acids is 1. The van der Waals surface area contributed by atoms with Crippen LogP contribution in [0.3, 0.4) is 0 Å². The van der Waals surface area contributed by atoms with Crippen molar-refractivity contribution in [2.24, 2.45) is 7.05 Å². The van der Waals surface area contributed by atoms with E-state index < -0.39 is 0 Å². The van der Waals surface area contributed by atoms with E-state index in [1.807, 2.05) is 37.4 Å². The third-order valence-electron chi connectivity index (χ3n) is 3.91. The zero-order valence-corrected chi connectivity index (χ0v) is 14.4. The molecule has 2 aromatic heterocycles. The van der Waals surface area contributed by atoms with Crippen LogP contribution in [-0.4, -0.2) is 15.5 Å². The summed E-state index contributed by atoms with van der Waals surface area (Å²) in [7, 11) is 1.81. The molecule has 26 heavy (non-hydrogen) atoms. The number of aryl methyl sites for hydroxylation is 1. The van der Waals surface area contributed by atoms with E-state index >= 15 is 0 Å². The van der Waals surface area contributed by atoms with E-state index in [9.17, 15) is 9.59 Å². The SMILES string of the molecule is Cn1cc(OCc2ccccc2)c(=O)cc1CNC(=O)c1ccncc1. The Morgan fingerprint density at radius 1 is 1.15 bits per heavy atom. The Balaban J connectivity index is 1.65. The van der Waals surface area contributed by atoms with Gasteiger partial charge in [0.2, 0.25) is 5.43 Å². The summed E-state index contributed by atoms with van der Waals surface area (Å²) in [5, 5.41) is 2.79. The summed E-state index contributed by atoms with van der Waals surface area (Å²) in [6.07, 6.45) is 4.76. The predicted octanol–water partition coefficient (Wildman–Crippen LogP) is 2.29. The number of amides is 1. The maximum Gasteiger partial charge on any atom is 0.251 e. The average molecular weight is 349 g/mol. The molecule has 0 unspecified atom stereocenters. The van der Waals surface area contributed by atoms with Crippen LogP contribution >= 0.6 is 0 Å². The smallest absolute Gasteiger partial charge is 0.251 e. The molecule has 0 atom stereocenters. The van der Waals surface area contributed by atoms with Gasteiger partial charge in [0, 0.05) is 36.8 Å². The molecule has 0 aliphatic heterocycles. The van der Waals surface area contributed by atoms with Crippen molar-refractivity contribution in [2.45, 2.75) is 13.2 Å². The lowest BCUT2D eigenvalue weighted by Crippen LogP contribution is -2.25. The number of nitrogens with zero attached hydrogens (tertiary/aromatic N) is 2. The molecule has 1 aromatic carbocycles. The second-order valence-electron chi connectivity index (χ2n) is 5.80. The van der Waals surface area contributed by atoms with Crippen LogP contribution in [-0.2, 0) is 20.2 Å².